The molecule has 0 bridgehead atoms. The number of pyridine rings is 2. The lowest BCUT2D eigenvalue weighted by molar-refractivity contribution is -0.120. The fraction of sp³-hybridized carbons (Fsp3) is 0.308. The van der Waals surface area contributed by atoms with E-state index in [1.807, 2.05) is 24.3 Å². The van der Waals surface area contributed by atoms with Gasteiger partial charge < -0.3 is 30.6 Å². The van der Waals surface area contributed by atoms with Crippen LogP contribution in [0.3, 0.4) is 0 Å². The molecule has 4 amide bonds. The SMILES string of the molecule is CN1C(=O)C(NC(=O)n2cc(Cc3ccc(F)nc3F)cn2)CCc2ccc(C#CC(C)(C)O)cc21.CN1C(=O)[C@H](NC(=O)n2cc(Cc3ccc(F)nc3F)cn2)CCc2ccc(C#CC(C)(C)O)cc21. The molecule has 20 heteroatoms. The van der Waals surface area contributed by atoms with Crippen LogP contribution in [0.1, 0.15) is 85.0 Å². The van der Waals surface area contributed by atoms with Gasteiger partial charge in [0, 0.05) is 73.0 Å². The van der Waals surface area contributed by atoms with Crippen LogP contribution < -0.4 is 20.4 Å². The van der Waals surface area contributed by atoms with Crippen molar-refractivity contribution < 1.29 is 47.0 Å². The molecule has 4 N–H and O–H groups in total. The molecule has 0 saturated heterocycles. The quantitative estimate of drug-likeness (QED) is 0.0924. The lowest BCUT2D eigenvalue weighted by Gasteiger charge is -2.22. The van der Waals surface area contributed by atoms with E-state index in [1.165, 1.54) is 46.7 Å². The van der Waals surface area contributed by atoms with Gasteiger partial charge >= 0.3 is 12.1 Å². The van der Waals surface area contributed by atoms with Crippen molar-refractivity contribution in [2.75, 3.05) is 23.9 Å². The van der Waals surface area contributed by atoms with Gasteiger partial charge in [-0.15, -0.1) is 0 Å². The Hall–Kier alpha value is -8.20. The molecule has 6 heterocycles. The van der Waals surface area contributed by atoms with Crippen molar-refractivity contribution in [3.05, 3.63) is 154 Å². The summed E-state index contributed by atoms with van der Waals surface area (Å²) in [6.45, 7) is 6.36. The first kappa shape index (κ1) is 51.6. The number of nitrogens with one attached hydrogen (secondary N) is 2. The average Bonchev–Trinajstić information content (AvgIpc) is 3.97. The molecule has 72 heavy (non-hydrogen) atoms. The third kappa shape index (κ3) is 13.2. The van der Waals surface area contributed by atoms with Crippen molar-refractivity contribution in [1.82, 2.24) is 40.2 Å². The van der Waals surface area contributed by atoms with Gasteiger partial charge in [-0.25, -0.2) is 9.59 Å². The molecular formula is C52H50F4N10O6. The molecule has 2 aliphatic heterocycles. The zero-order valence-corrected chi connectivity index (χ0v) is 40.1. The zero-order chi connectivity index (χ0) is 52.1. The maximum Gasteiger partial charge on any atom is 0.342 e. The van der Waals surface area contributed by atoms with Crippen LogP contribution in [-0.4, -0.2) is 101 Å². The highest BCUT2D eigenvalue weighted by Gasteiger charge is 2.32. The number of aryl methyl sites for hydroxylation is 2. The van der Waals surface area contributed by atoms with Crippen molar-refractivity contribution in [3.8, 4) is 23.7 Å². The topological polar surface area (TPSA) is 201 Å². The third-order valence-electron chi connectivity index (χ3n) is 11.4. The predicted molar refractivity (Wildman–Crippen MR) is 257 cm³/mol. The van der Waals surface area contributed by atoms with Crippen LogP contribution in [0.25, 0.3) is 0 Å². The molecule has 6 aromatic rings. The van der Waals surface area contributed by atoms with Crippen LogP contribution in [0.15, 0.2) is 85.5 Å². The van der Waals surface area contributed by atoms with E-state index >= 15 is 0 Å². The summed E-state index contributed by atoms with van der Waals surface area (Å²) in [6.07, 6.45) is 7.67. The van der Waals surface area contributed by atoms with Gasteiger partial charge in [-0.05, 0) is 124 Å². The molecule has 16 nitrogen and oxygen atoms in total. The summed E-state index contributed by atoms with van der Waals surface area (Å²) in [4.78, 5) is 61.2. The van der Waals surface area contributed by atoms with E-state index in [2.05, 4.69) is 54.5 Å². The fourth-order valence-corrected chi connectivity index (χ4v) is 7.74. The normalized spacial score (nSPS) is 15.6. The van der Waals surface area contributed by atoms with E-state index in [0.29, 0.717) is 59.3 Å². The van der Waals surface area contributed by atoms with Gasteiger partial charge in [-0.1, -0.05) is 35.8 Å². The number of halogens is 4. The molecule has 0 saturated carbocycles. The number of carbonyl (C=O) groups excluding carboxylic acids is 4. The first-order valence-electron chi connectivity index (χ1n) is 22.6. The molecule has 8 rings (SSSR count). The number of anilines is 2. The largest absolute Gasteiger partial charge is 0.378 e. The number of aromatic nitrogens is 6. The Kier molecular flexibility index (Phi) is 15.4. The number of amides is 4. The summed E-state index contributed by atoms with van der Waals surface area (Å²) in [5.74, 6) is 7.09. The monoisotopic (exact) mass is 986 g/mol. The summed E-state index contributed by atoms with van der Waals surface area (Å²) in [6, 6.07) is 12.9. The average molecular weight is 987 g/mol. The number of rotatable bonds is 6. The molecule has 1 unspecified atom stereocenters. The van der Waals surface area contributed by atoms with Gasteiger partial charge in [0.1, 0.15) is 23.3 Å². The maximum atomic E-state index is 13.8. The van der Waals surface area contributed by atoms with Crippen molar-refractivity contribution in [2.24, 2.45) is 0 Å². The maximum absolute atomic E-state index is 13.8. The van der Waals surface area contributed by atoms with Gasteiger partial charge in [0.25, 0.3) is 0 Å². The van der Waals surface area contributed by atoms with E-state index in [-0.39, 0.29) is 35.8 Å². The minimum absolute atomic E-state index is 0.0749. The fourth-order valence-electron chi connectivity index (χ4n) is 7.74. The smallest absolute Gasteiger partial charge is 0.342 e. The molecular weight excluding hydrogens is 937 g/mol. The summed E-state index contributed by atoms with van der Waals surface area (Å²) >= 11 is 0. The second-order valence-electron chi connectivity index (χ2n) is 18.3. The third-order valence-corrected chi connectivity index (χ3v) is 11.4. The van der Waals surface area contributed by atoms with E-state index in [4.69, 9.17) is 0 Å². The van der Waals surface area contributed by atoms with Crippen molar-refractivity contribution in [3.63, 3.8) is 0 Å². The van der Waals surface area contributed by atoms with Gasteiger partial charge in [0.05, 0.1) is 12.4 Å². The van der Waals surface area contributed by atoms with Gasteiger partial charge in [0.15, 0.2) is 0 Å². The molecule has 0 radical (unpaired) electrons. The molecule has 0 fully saturated rings. The number of nitrogens with zero attached hydrogens (tertiary/aromatic N) is 8. The molecule has 2 aromatic carbocycles. The van der Waals surface area contributed by atoms with Crippen LogP contribution in [-0.2, 0) is 35.3 Å². The summed E-state index contributed by atoms with van der Waals surface area (Å²) in [5.41, 5.74) is 3.68. The number of fused-ring (bicyclic) bond motifs is 2. The van der Waals surface area contributed by atoms with E-state index in [9.17, 15) is 47.0 Å². The first-order valence-corrected chi connectivity index (χ1v) is 22.6. The Morgan fingerprint density at radius 3 is 1.39 bits per heavy atom. The molecule has 2 aliphatic rings. The predicted octanol–water partition coefficient (Wildman–Crippen LogP) is 5.61. The highest BCUT2D eigenvalue weighted by atomic mass is 19.1. The van der Waals surface area contributed by atoms with Crippen molar-refractivity contribution >= 4 is 35.3 Å². The highest BCUT2D eigenvalue weighted by molar-refractivity contribution is 6.01. The van der Waals surface area contributed by atoms with Crippen molar-refractivity contribution in [2.45, 2.75) is 89.5 Å². The van der Waals surface area contributed by atoms with Crippen LogP contribution in [0, 0.1) is 47.5 Å². The zero-order valence-electron chi connectivity index (χ0n) is 40.1. The Morgan fingerprint density at radius 2 is 1.03 bits per heavy atom. The molecule has 0 aliphatic carbocycles. The Balaban J connectivity index is 0.000000211. The minimum Gasteiger partial charge on any atom is -0.378 e. The first-order chi connectivity index (χ1) is 34.0. The van der Waals surface area contributed by atoms with Crippen LogP contribution >= 0.6 is 0 Å². The lowest BCUT2D eigenvalue weighted by Crippen LogP contribution is -2.48. The highest BCUT2D eigenvalue weighted by Crippen LogP contribution is 2.29. The number of benzene rings is 2. The minimum atomic E-state index is -1.14. The van der Waals surface area contributed by atoms with Gasteiger partial charge in [-0.3, -0.25) is 9.59 Å². The molecule has 4 aromatic heterocycles. The number of hydrogen-bond acceptors (Lipinski definition) is 10. The second-order valence-corrected chi connectivity index (χ2v) is 18.3. The van der Waals surface area contributed by atoms with Crippen LogP contribution in [0.2, 0.25) is 0 Å². The van der Waals surface area contributed by atoms with E-state index in [1.54, 1.807) is 53.9 Å². The Labute approximate surface area is 412 Å². The lowest BCUT2D eigenvalue weighted by atomic mass is 10.0. The number of aliphatic hydroxyl groups is 2. The number of likely N-dealkylation sites (N-methyl/N-ethyl adjacent to an activating group) is 2. The second kappa shape index (κ2) is 21.4. The molecule has 372 valence electrons. The van der Waals surface area contributed by atoms with E-state index < -0.39 is 59.1 Å². The molecule has 2 atom stereocenters. The van der Waals surface area contributed by atoms with Gasteiger partial charge in [-0.2, -0.15) is 47.1 Å². The van der Waals surface area contributed by atoms with Crippen LogP contribution in [0.5, 0.6) is 0 Å². The Morgan fingerprint density at radius 1 is 0.639 bits per heavy atom. The summed E-state index contributed by atoms with van der Waals surface area (Å²) < 4.78 is 55.8. The molecule has 0 spiro atoms. The van der Waals surface area contributed by atoms with Crippen LogP contribution in [0.4, 0.5) is 38.5 Å². The number of carbonyl (C=O) groups is 4. The summed E-state index contributed by atoms with van der Waals surface area (Å²) in [7, 11) is 3.27. The summed E-state index contributed by atoms with van der Waals surface area (Å²) in [5, 5.41) is 33.2. The van der Waals surface area contributed by atoms with Crippen molar-refractivity contribution in [1.29, 1.82) is 0 Å². The van der Waals surface area contributed by atoms with E-state index in [0.717, 1.165) is 32.6 Å². The Bertz CT molecular complexity index is 2980. The number of hydrogen-bond donors (Lipinski definition) is 4. The van der Waals surface area contributed by atoms with Gasteiger partial charge in [0.2, 0.25) is 35.6 Å². The standard InChI is InChI=1S/2C26H25F2N5O3/c2*1-26(2,36)11-10-16-4-5-18-6-8-20(24(34)32(3)21(18)13-16)30-25(35)33-15-17(14-29-33)12-19-7-9-22(27)31-23(19)28/h2*4-5,7,9,13-15,20,36H,6,8,12H2,1-3H3,(H,30,35)/t20-;/m1./s1.